The SMILES string of the molecule is CN=C(NCCc1ccc(C(F)(F)F)cc1)NCc1cc(C)no1.I. The highest BCUT2D eigenvalue weighted by molar-refractivity contribution is 14.0. The van der Waals surface area contributed by atoms with Crippen molar-refractivity contribution in [2.75, 3.05) is 13.6 Å². The molecule has 0 fully saturated rings. The predicted molar refractivity (Wildman–Crippen MR) is 100 cm³/mol. The Hall–Kier alpha value is -1.78. The highest BCUT2D eigenvalue weighted by atomic mass is 127. The topological polar surface area (TPSA) is 62.5 Å². The molecule has 0 saturated carbocycles. The zero-order valence-corrected chi connectivity index (χ0v) is 16.2. The lowest BCUT2D eigenvalue weighted by molar-refractivity contribution is -0.137. The van der Waals surface area contributed by atoms with Crippen LogP contribution in [0, 0.1) is 6.92 Å². The first-order valence-corrected chi connectivity index (χ1v) is 7.41. The summed E-state index contributed by atoms with van der Waals surface area (Å²) >= 11 is 0. The first-order valence-electron chi connectivity index (χ1n) is 7.41. The number of hydrogen-bond acceptors (Lipinski definition) is 3. The third kappa shape index (κ3) is 6.92. The van der Waals surface area contributed by atoms with Crippen molar-refractivity contribution in [3.8, 4) is 0 Å². The summed E-state index contributed by atoms with van der Waals surface area (Å²) in [5.41, 5.74) is 0.980. The summed E-state index contributed by atoms with van der Waals surface area (Å²) < 4.78 is 42.6. The molecule has 2 N–H and O–H groups in total. The third-order valence-corrected chi connectivity index (χ3v) is 3.32. The molecule has 2 rings (SSSR count). The Morgan fingerprint density at radius 1 is 1.20 bits per heavy atom. The van der Waals surface area contributed by atoms with Crippen molar-refractivity contribution in [1.29, 1.82) is 0 Å². The number of aromatic nitrogens is 1. The predicted octanol–water partition coefficient (Wildman–Crippen LogP) is 3.53. The highest BCUT2D eigenvalue weighted by Crippen LogP contribution is 2.29. The molecule has 0 radical (unpaired) electrons. The molecular formula is C16H20F3IN4O. The van der Waals surface area contributed by atoms with E-state index < -0.39 is 11.7 Å². The lowest BCUT2D eigenvalue weighted by Gasteiger charge is -2.11. The van der Waals surface area contributed by atoms with Crippen molar-refractivity contribution >= 4 is 29.9 Å². The van der Waals surface area contributed by atoms with Crippen molar-refractivity contribution in [2.45, 2.75) is 26.1 Å². The molecule has 0 bridgehead atoms. The highest BCUT2D eigenvalue weighted by Gasteiger charge is 2.29. The van der Waals surface area contributed by atoms with E-state index in [2.05, 4.69) is 20.8 Å². The molecule has 5 nitrogen and oxygen atoms in total. The van der Waals surface area contributed by atoms with Crippen LogP contribution in [0.15, 0.2) is 39.8 Å². The van der Waals surface area contributed by atoms with E-state index in [9.17, 15) is 13.2 Å². The number of halogens is 4. The minimum atomic E-state index is -4.30. The number of benzene rings is 1. The first-order chi connectivity index (χ1) is 11.4. The van der Waals surface area contributed by atoms with E-state index in [4.69, 9.17) is 4.52 Å². The third-order valence-electron chi connectivity index (χ3n) is 3.32. The molecule has 2 aromatic rings. The van der Waals surface area contributed by atoms with Gasteiger partial charge in [0.15, 0.2) is 11.7 Å². The van der Waals surface area contributed by atoms with Crippen LogP contribution in [0.1, 0.15) is 22.6 Å². The number of rotatable bonds is 5. The Morgan fingerprint density at radius 3 is 2.40 bits per heavy atom. The van der Waals surface area contributed by atoms with E-state index >= 15 is 0 Å². The Morgan fingerprint density at radius 2 is 1.88 bits per heavy atom. The quantitative estimate of drug-likeness (QED) is 0.401. The summed E-state index contributed by atoms with van der Waals surface area (Å²) in [4.78, 5) is 4.07. The maximum Gasteiger partial charge on any atom is 0.416 e. The average molecular weight is 468 g/mol. The molecule has 1 heterocycles. The standard InChI is InChI=1S/C16H19F3N4O.HI/c1-11-9-14(24-23-11)10-22-15(20-2)21-8-7-12-3-5-13(6-4-12)16(17,18)19;/h3-6,9H,7-8,10H2,1-2H3,(H2,20,21,22);1H. The van der Waals surface area contributed by atoms with Gasteiger partial charge in [0.2, 0.25) is 0 Å². The van der Waals surface area contributed by atoms with E-state index in [0.29, 0.717) is 31.2 Å². The Bertz CT molecular complexity index is 683. The lowest BCUT2D eigenvalue weighted by atomic mass is 10.1. The molecular weight excluding hydrogens is 448 g/mol. The summed E-state index contributed by atoms with van der Waals surface area (Å²) in [5, 5.41) is 9.96. The smallest absolute Gasteiger partial charge is 0.359 e. The molecule has 138 valence electrons. The van der Waals surface area contributed by atoms with Crippen molar-refractivity contribution in [1.82, 2.24) is 15.8 Å². The van der Waals surface area contributed by atoms with E-state index in [-0.39, 0.29) is 24.0 Å². The van der Waals surface area contributed by atoms with Gasteiger partial charge in [-0.1, -0.05) is 17.3 Å². The fourth-order valence-corrected chi connectivity index (χ4v) is 2.08. The van der Waals surface area contributed by atoms with Crippen LogP contribution in [0.4, 0.5) is 13.2 Å². The van der Waals surface area contributed by atoms with Crippen molar-refractivity contribution < 1.29 is 17.7 Å². The van der Waals surface area contributed by atoms with Gasteiger partial charge in [0.25, 0.3) is 0 Å². The van der Waals surface area contributed by atoms with Crippen molar-refractivity contribution in [3.05, 3.63) is 52.9 Å². The van der Waals surface area contributed by atoms with Gasteiger partial charge in [0, 0.05) is 19.7 Å². The van der Waals surface area contributed by atoms with Gasteiger partial charge in [-0.2, -0.15) is 13.2 Å². The van der Waals surface area contributed by atoms with Gasteiger partial charge in [-0.05, 0) is 31.0 Å². The Kier molecular flexibility index (Phi) is 8.20. The number of nitrogens with zero attached hydrogens (tertiary/aromatic N) is 2. The molecule has 1 aromatic carbocycles. The molecule has 0 unspecified atom stereocenters. The molecule has 0 spiro atoms. The van der Waals surface area contributed by atoms with E-state index in [0.717, 1.165) is 23.4 Å². The maximum atomic E-state index is 12.5. The number of alkyl halides is 3. The molecule has 0 aliphatic rings. The van der Waals surface area contributed by atoms with Crippen LogP contribution < -0.4 is 10.6 Å². The number of hydrogen-bond donors (Lipinski definition) is 2. The maximum absolute atomic E-state index is 12.5. The minimum absolute atomic E-state index is 0. The number of nitrogens with one attached hydrogen (secondary N) is 2. The minimum Gasteiger partial charge on any atom is -0.359 e. The summed E-state index contributed by atoms with van der Waals surface area (Å²) in [6.07, 6.45) is -3.72. The molecule has 0 atom stereocenters. The molecule has 1 aromatic heterocycles. The van der Waals surface area contributed by atoms with E-state index in [1.165, 1.54) is 12.1 Å². The summed E-state index contributed by atoms with van der Waals surface area (Å²) in [6, 6.07) is 6.97. The van der Waals surface area contributed by atoms with Crippen LogP contribution in [0.5, 0.6) is 0 Å². The van der Waals surface area contributed by atoms with E-state index in [1.54, 1.807) is 7.05 Å². The fourth-order valence-electron chi connectivity index (χ4n) is 2.08. The Balaban J connectivity index is 0.00000312. The average Bonchev–Trinajstić information content (AvgIpc) is 2.96. The van der Waals surface area contributed by atoms with Crippen LogP contribution in [0.2, 0.25) is 0 Å². The Labute approximate surface area is 161 Å². The summed E-state index contributed by atoms with van der Waals surface area (Å²) in [7, 11) is 1.64. The van der Waals surface area contributed by atoms with Gasteiger partial charge in [0.1, 0.15) is 0 Å². The van der Waals surface area contributed by atoms with Gasteiger partial charge in [-0.15, -0.1) is 24.0 Å². The van der Waals surface area contributed by atoms with E-state index in [1.807, 2.05) is 13.0 Å². The van der Waals surface area contributed by atoms with Gasteiger partial charge >= 0.3 is 6.18 Å². The van der Waals surface area contributed by atoms with Gasteiger partial charge in [-0.3, -0.25) is 4.99 Å². The normalized spacial score (nSPS) is 11.8. The fraction of sp³-hybridized carbons (Fsp3) is 0.375. The van der Waals surface area contributed by atoms with Crippen LogP contribution in [-0.2, 0) is 19.1 Å². The van der Waals surface area contributed by atoms with Crippen LogP contribution in [0.25, 0.3) is 0 Å². The molecule has 9 heteroatoms. The monoisotopic (exact) mass is 468 g/mol. The first kappa shape index (κ1) is 21.3. The largest absolute Gasteiger partial charge is 0.416 e. The van der Waals surface area contributed by atoms with Crippen LogP contribution in [-0.4, -0.2) is 24.7 Å². The zero-order chi connectivity index (χ0) is 17.6. The van der Waals surface area contributed by atoms with Gasteiger partial charge in [0.05, 0.1) is 17.8 Å². The molecule has 0 amide bonds. The van der Waals surface area contributed by atoms with Crippen molar-refractivity contribution in [2.24, 2.45) is 4.99 Å². The second-order valence-electron chi connectivity index (χ2n) is 5.23. The number of aryl methyl sites for hydroxylation is 1. The zero-order valence-electron chi connectivity index (χ0n) is 13.9. The summed E-state index contributed by atoms with van der Waals surface area (Å²) in [5.74, 6) is 1.27. The molecule has 0 aliphatic carbocycles. The van der Waals surface area contributed by atoms with Gasteiger partial charge < -0.3 is 15.2 Å². The van der Waals surface area contributed by atoms with Crippen LogP contribution in [0.3, 0.4) is 0 Å². The second-order valence-corrected chi connectivity index (χ2v) is 5.23. The molecule has 25 heavy (non-hydrogen) atoms. The number of guanidine groups is 1. The number of aliphatic imine (C=N–C) groups is 1. The summed E-state index contributed by atoms with van der Waals surface area (Å²) in [6.45, 7) is 2.82. The lowest BCUT2D eigenvalue weighted by Crippen LogP contribution is -2.37. The molecule has 0 saturated heterocycles. The second kappa shape index (κ2) is 9.64. The molecule has 0 aliphatic heterocycles. The van der Waals surface area contributed by atoms with Crippen molar-refractivity contribution in [3.63, 3.8) is 0 Å². The van der Waals surface area contributed by atoms with Crippen LogP contribution >= 0.6 is 24.0 Å². The van der Waals surface area contributed by atoms with Gasteiger partial charge in [-0.25, -0.2) is 0 Å².